The Kier molecular flexibility index (Phi) is 11.9. The number of hydrogen-bond donors (Lipinski definition) is 1. The van der Waals surface area contributed by atoms with Gasteiger partial charge in [-0.25, -0.2) is 9.59 Å². The van der Waals surface area contributed by atoms with Gasteiger partial charge in [-0.1, -0.05) is 13.2 Å². The molecule has 0 aromatic rings. The molecule has 0 aliphatic heterocycles. The minimum atomic E-state index is -4.53. The maximum absolute atomic E-state index is 11.7. The minimum absolute atomic E-state index is 0. The molecular weight excluding hydrogens is 355 g/mol. The van der Waals surface area contributed by atoms with Crippen molar-refractivity contribution in [3.63, 3.8) is 0 Å². The van der Waals surface area contributed by atoms with E-state index in [4.69, 9.17) is 14.0 Å². The van der Waals surface area contributed by atoms with E-state index in [0.717, 1.165) is 0 Å². The Hall–Kier alpha value is -1.20. The van der Waals surface area contributed by atoms with Crippen molar-refractivity contribution in [3.8, 4) is 0 Å². The van der Waals surface area contributed by atoms with Crippen LogP contribution in [-0.2, 0) is 38.7 Å². The predicted octanol–water partition coefficient (Wildman–Crippen LogP) is -0.419. The summed E-state index contributed by atoms with van der Waals surface area (Å²) in [5.41, 5.74) is 0.156. The molecule has 0 amide bonds. The average Bonchev–Trinajstić information content (AvgIpc) is 2.42. The molecule has 0 aromatic carbocycles. The van der Waals surface area contributed by atoms with Crippen molar-refractivity contribution in [1.29, 1.82) is 0 Å². The van der Waals surface area contributed by atoms with Crippen molar-refractivity contribution < 1.29 is 41.6 Å². The molecule has 0 rings (SSSR count). The third kappa shape index (κ3) is 11.4. The van der Waals surface area contributed by atoms with Gasteiger partial charge in [-0.05, 0) is 13.8 Å². The van der Waals surface area contributed by atoms with Crippen molar-refractivity contribution >= 4 is 57.6 Å². The Morgan fingerprint density at radius 3 is 1.62 bits per heavy atom. The molecule has 0 aromatic heterocycles. The van der Waals surface area contributed by atoms with Crippen LogP contribution in [0.2, 0.25) is 0 Å². The van der Waals surface area contributed by atoms with Gasteiger partial charge in [-0.3, -0.25) is 9.35 Å². The summed E-state index contributed by atoms with van der Waals surface area (Å²) in [6, 6.07) is 0. The van der Waals surface area contributed by atoms with Gasteiger partial charge in [-0.2, -0.15) is 8.42 Å². The summed E-state index contributed by atoms with van der Waals surface area (Å²) in [4.78, 5) is 34.3. The maximum atomic E-state index is 11.7. The van der Waals surface area contributed by atoms with Gasteiger partial charge in [0.05, 0.1) is 0 Å². The first kappa shape index (κ1) is 25.0. The average molecular weight is 374 g/mol. The van der Waals surface area contributed by atoms with Crippen LogP contribution in [0.4, 0.5) is 0 Å². The van der Waals surface area contributed by atoms with E-state index in [-0.39, 0.29) is 40.7 Å². The number of esters is 3. The molecule has 9 nitrogen and oxygen atoms in total. The first-order valence-electron chi connectivity index (χ1n) is 6.21. The third-order valence-corrected chi connectivity index (χ3v) is 2.63. The van der Waals surface area contributed by atoms with E-state index in [1.165, 1.54) is 13.8 Å². The van der Waals surface area contributed by atoms with Gasteiger partial charge in [0.15, 0.2) is 0 Å². The van der Waals surface area contributed by atoms with E-state index < -0.39 is 53.1 Å². The fourth-order valence-electron chi connectivity index (χ4n) is 1.03. The van der Waals surface area contributed by atoms with Crippen LogP contribution in [-0.4, -0.2) is 79.6 Å². The van der Waals surface area contributed by atoms with Crippen molar-refractivity contribution in [2.45, 2.75) is 13.8 Å². The molecule has 0 atom stereocenters. The molecule has 11 heteroatoms. The number of rotatable bonds is 9. The van der Waals surface area contributed by atoms with Crippen LogP contribution in [0.1, 0.15) is 13.8 Å². The van der Waals surface area contributed by atoms with Gasteiger partial charge in [0.2, 0.25) is 5.94 Å². The molecule has 0 bridgehead atoms. The summed E-state index contributed by atoms with van der Waals surface area (Å²) in [6.45, 7) is 8.40. The molecule has 0 spiro atoms. The zero-order valence-electron chi connectivity index (χ0n) is 12.7. The van der Waals surface area contributed by atoms with Crippen LogP contribution >= 0.6 is 0 Å². The molecule has 0 aliphatic carbocycles. The Morgan fingerprint density at radius 1 is 0.958 bits per heavy atom. The Balaban J connectivity index is 0. The number of carbonyl (C=O) groups excluding carboxylic acids is 3. The van der Waals surface area contributed by atoms with Crippen LogP contribution in [0.5, 0.6) is 0 Å². The van der Waals surface area contributed by atoms with Crippen LogP contribution < -0.4 is 0 Å². The van der Waals surface area contributed by atoms with E-state index in [9.17, 15) is 22.8 Å². The van der Waals surface area contributed by atoms with E-state index >= 15 is 0 Å². The van der Waals surface area contributed by atoms with Crippen molar-refractivity contribution in [3.05, 3.63) is 24.3 Å². The second-order valence-electron chi connectivity index (χ2n) is 4.62. The molecule has 0 saturated heterocycles. The van der Waals surface area contributed by atoms with E-state index in [2.05, 4.69) is 17.9 Å². The molecule has 0 fully saturated rings. The molecule has 0 aliphatic rings. The summed E-state index contributed by atoms with van der Waals surface area (Å²) >= 11 is 0. The number of ether oxygens (including phenoxy) is 3. The Labute approximate surface area is 162 Å². The topological polar surface area (TPSA) is 133 Å². The summed E-state index contributed by atoms with van der Waals surface area (Å²) in [5, 5.41) is 0. The van der Waals surface area contributed by atoms with Crippen molar-refractivity contribution in [2.75, 3.05) is 19.2 Å². The van der Waals surface area contributed by atoms with Gasteiger partial charge in [0, 0.05) is 11.1 Å². The van der Waals surface area contributed by atoms with Gasteiger partial charge < -0.3 is 14.2 Å². The fourth-order valence-corrected chi connectivity index (χ4v) is 1.30. The standard InChI is InChI=1S/C13H18O9S.Na.H/c1-8(2)11(14)20-5-10(6-21-12(15)9(3)4)13(16)22-7-23(17,18)19;;/h10H,1,3,5-7H2,2,4H3,(H,17,18,19);;. The predicted molar refractivity (Wildman–Crippen MR) is 84.7 cm³/mol. The van der Waals surface area contributed by atoms with Crippen LogP contribution in [0, 0.1) is 5.92 Å². The van der Waals surface area contributed by atoms with Crippen LogP contribution in [0.15, 0.2) is 24.3 Å². The second kappa shape index (κ2) is 11.4. The first-order valence-corrected chi connectivity index (χ1v) is 7.82. The molecule has 24 heavy (non-hydrogen) atoms. The molecule has 0 saturated carbocycles. The van der Waals surface area contributed by atoms with Crippen LogP contribution in [0.3, 0.4) is 0 Å². The van der Waals surface area contributed by atoms with E-state index in [1.54, 1.807) is 0 Å². The summed E-state index contributed by atoms with van der Waals surface area (Å²) in [6.07, 6.45) is 0. The fraction of sp³-hybridized carbons (Fsp3) is 0.462. The number of hydrogen-bond acceptors (Lipinski definition) is 8. The van der Waals surface area contributed by atoms with Crippen LogP contribution in [0.25, 0.3) is 0 Å². The quantitative estimate of drug-likeness (QED) is 0.188. The second-order valence-corrected chi connectivity index (χ2v) is 6.02. The van der Waals surface area contributed by atoms with Crippen molar-refractivity contribution in [2.24, 2.45) is 5.92 Å². The number of carbonyl (C=O) groups is 3. The zero-order valence-corrected chi connectivity index (χ0v) is 13.6. The molecule has 1 N–H and O–H groups in total. The summed E-state index contributed by atoms with van der Waals surface area (Å²) in [5.74, 6) is -5.26. The van der Waals surface area contributed by atoms with Gasteiger partial charge in [-0.15, -0.1) is 0 Å². The Morgan fingerprint density at radius 2 is 1.33 bits per heavy atom. The molecule has 0 radical (unpaired) electrons. The van der Waals surface area contributed by atoms with E-state index in [0.29, 0.717) is 0 Å². The molecule has 0 unspecified atom stereocenters. The van der Waals surface area contributed by atoms with Gasteiger partial charge in [0.1, 0.15) is 19.1 Å². The Bertz CT molecular complexity index is 579. The molecule has 132 valence electrons. The first-order chi connectivity index (χ1) is 10.4. The molecule has 0 heterocycles. The summed E-state index contributed by atoms with van der Waals surface area (Å²) < 4.78 is 43.5. The van der Waals surface area contributed by atoms with Gasteiger partial charge >= 0.3 is 57.6 Å². The zero-order chi connectivity index (χ0) is 18.2. The van der Waals surface area contributed by atoms with E-state index in [1.807, 2.05) is 0 Å². The van der Waals surface area contributed by atoms with Gasteiger partial charge in [0.25, 0.3) is 0 Å². The SMILES string of the molecule is C=C(C)C(=O)OCC(COC(=O)C(=C)C)C(=O)OCS(=O)(=O)O.[NaH]. The molecular formula is C13H19NaO9S. The third-order valence-electron chi connectivity index (χ3n) is 2.21. The normalized spacial score (nSPS) is 10.3. The summed E-state index contributed by atoms with van der Waals surface area (Å²) in [7, 11) is -4.53. The monoisotopic (exact) mass is 374 g/mol. The van der Waals surface area contributed by atoms with Crippen molar-refractivity contribution in [1.82, 2.24) is 0 Å².